The van der Waals surface area contributed by atoms with Gasteiger partial charge in [0.05, 0.1) is 12.1 Å². The van der Waals surface area contributed by atoms with E-state index in [1.165, 1.54) is 11.1 Å². The molecule has 3 heteroatoms. The van der Waals surface area contributed by atoms with Gasteiger partial charge in [-0.05, 0) is 43.5 Å². The summed E-state index contributed by atoms with van der Waals surface area (Å²) in [6.07, 6.45) is 2.39. The average Bonchev–Trinajstić information content (AvgIpc) is 2.54. The quantitative estimate of drug-likeness (QED) is 0.822. The zero-order valence-corrected chi connectivity index (χ0v) is 12.8. The first-order chi connectivity index (χ1) is 10.7. The zero-order valence-electron chi connectivity index (χ0n) is 12.8. The van der Waals surface area contributed by atoms with Gasteiger partial charge in [0, 0.05) is 23.8 Å². The first kappa shape index (κ1) is 13.6. The van der Waals surface area contributed by atoms with Crippen LogP contribution in [0.2, 0.25) is 0 Å². The molecular formula is C19H21NO2. The molecular weight excluding hydrogens is 274 g/mol. The van der Waals surface area contributed by atoms with Crippen molar-refractivity contribution < 1.29 is 9.84 Å². The van der Waals surface area contributed by atoms with Gasteiger partial charge in [-0.15, -0.1) is 0 Å². The third-order valence-corrected chi connectivity index (χ3v) is 4.85. The molecule has 3 atom stereocenters. The van der Waals surface area contributed by atoms with Crippen molar-refractivity contribution in [2.75, 3.05) is 11.9 Å². The summed E-state index contributed by atoms with van der Waals surface area (Å²) in [5, 5.41) is 13.5. The lowest BCUT2D eigenvalue weighted by Crippen LogP contribution is -2.36. The van der Waals surface area contributed by atoms with Gasteiger partial charge < -0.3 is 15.2 Å². The van der Waals surface area contributed by atoms with Crippen LogP contribution in [0.25, 0.3) is 0 Å². The predicted molar refractivity (Wildman–Crippen MR) is 87.1 cm³/mol. The third-order valence-electron chi connectivity index (χ3n) is 4.85. The maximum absolute atomic E-state index is 9.81. The summed E-state index contributed by atoms with van der Waals surface area (Å²) >= 11 is 0. The fraction of sp³-hybridized carbons (Fsp3) is 0.368. The van der Waals surface area contributed by atoms with E-state index in [0.29, 0.717) is 11.7 Å². The number of aromatic hydroxyl groups is 1. The highest BCUT2D eigenvalue weighted by Crippen LogP contribution is 2.49. The Morgan fingerprint density at radius 1 is 1.18 bits per heavy atom. The molecule has 3 nitrogen and oxygen atoms in total. The van der Waals surface area contributed by atoms with Gasteiger partial charge in [-0.3, -0.25) is 0 Å². The summed E-state index contributed by atoms with van der Waals surface area (Å²) in [5.74, 6) is 0.729. The van der Waals surface area contributed by atoms with Crippen LogP contribution in [0.3, 0.4) is 0 Å². The summed E-state index contributed by atoms with van der Waals surface area (Å²) in [5.41, 5.74) is 4.83. The Morgan fingerprint density at radius 2 is 2.09 bits per heavy atom. The first-order valence-electron chi connectivity index (χ1n) is 8.00. The molecule has 4 rings (SSSR count). The molecule has 2 aliphatic rings. The molecule has 0 amide bonds. The lowest BCUT2D eigenvalue weighted by molar-refractivity contribution is -0.0381. The van der Waals surface area contributed by atoms with E-state index in [-0.39, 0.29) is 12.1 Å². The van der Waals surface area contributed by atoms with Crippen molar-refractivity contribution in [3.63, 3.8) is 0 Å². The summed E-state index contributed by atoms with van der Waals surface area (Å²) in [7, 11) is 0. The van der Waals surface area contributed by atoms with Crippen LogP contribution >= 0.6 is 0 Å². The number of anilines is 1. The summed E-state index contributed by atoms with van der Waals surface area (Å²) in [6, 6.07) is 14.3. The fourth-order valence-electron chi connectivity index (χ4n) is 3.84. The number of hydrogen-bond acceptors (Lipinski definition) is 3. The van der Waals surface area contributed by atoms with Crippen molar-refractivity contribution in [2.45, 2.75) is 31.9 Å². The second kappa shape index (κ2) is 5.33. The number of hydrogen-bond donors (Lipinski definition) is 2. The van der Waals surface area contributed by atoms with Crippen molar-refractivity contribution in [3.8, 4) is 5.75 Å². The summed E-state index contributed by atoms with van der Waals surface area (Å²) < 4.78 is 6.14. The van der Waals surface area contributed by atoms with Crippen molar-refractivity contribution >= 4 is 5.69 Å². The van der Waals surface area contributed by atoms with Crippen LogP contribution in [0.15, 0.2) is 42.5 Å². The Balaban J connectivity index is 1.79. The topological polar surface area (TPSA) is 41.5 Å². The van der Waals surface area contributed by atoms with E-state index in [9.17, 15) is 5.11 Å². The van der Waals surface area contributed by atoms with Gasteiger partial charge >= 0.3 is 0 Å². The number of rotatable bonds is 1. The number of benzene rings is 2. The number of phenolic OH excluding ortho intramolecular Hbond substituents is 1. The maximum Gasteiger partial charge on any atom is 0.115 e. The molecule has 114 valence electrons. The van der Waals surface area contributed by atoms with Gasteiger partial charge in [0.1, 0.15) is 5.75 Å². The maximum atomic E-state index is 9.81. The molecule has 2 N–H and O–H groups in total. The van der Waals surface area contributed by atoms with E-state index in [2.05, 4.69) is 36.5 Å². The van der Waals surface area contributed by atoms with Crippen LogP contribution < -0.4 is 5.32 Å². The third kappa shape index (κ3) is 2.26. The Labute approximate surface area is 130 Å². The standard InChI is InChI=1S/C19H21NO2/c1-12-7-8-17-16(10-12)19-15(6-3-9-22-19)18(20-17)13-4-2-5-14(21)11-13/h2,4-5,7-8,10-11,15,18-21H,3,6,9H2,1H3/t15-,18+,19-/m0/s1. The van der Waals surface area contributed by atoms with Crippen molar-refractivity contribution in [3.05, 3.63) is 59.2 Å². The SMILES string of the molecule is Cc1ccc2c(c1)[C@H]1OCCC[C@H]1[C@@H](c1cccc(O)c1)N2. The first-order valence-corrected chi connectivity index (χ1v) is 8.00. The smallest absolute Gasteiger partial charge is 0.115 e. The van der Waals surface area contributed by atoms with E-state index >= 15 is 0 Å². The minimum atomic E-state index is 0.150. The normalized spacial score (nSPS) is 26.7. The molecule has 0 bridgehead atoms. The van der Waals surface area contributed by atoms with Crippen LogP contribution in [0.5, 0.6) is 5.75 Å². The molecule has 0 spiro atoms. The Bertz CT molecular complexity index is 698. The van der Waals surface area contributed by atoms with Crippen molar-refractivity contribution in [1.82, 2.24) is 0 Å². The molecule has 22 heavy (non-hydrogen) atoms. The fourth-order valence-corrected chi connectivity index (χ4v) is 3.84. The number of phenols is 1. The van der Waals surface area contributed by atoms with Crippen LogP contribution in [0.4, 0.5) is 5.69 Å². The molecule has 2 aromatic rings. The summed E-state index contributed by atoms with van der Waals surface area (Å²) in [6.45, 7) is 2.96. The highest BCUT2D eigenvalue weighted by Gasteiger charge is 2.39. The highest BCUT2D eigenvalue weighted by atomic mass is 16.5. The van der Waals surface area contributed by atoms with E-state index in [1.54, 1.807) is 6.07 Å². The minimum Gasteiger partial charge on any atom is -0.508 e. The lowest BCUT2D eigenvalue weighted by Gasteiger charge is -2.43. The average molecular weight is 295 g/mol. The predicted octanol–water partition coefficient (Wildman–Crippen LogP) is 4.34. The van der Waals surface area contributed by atoms with Crippen LogP contribution in [-0.2, 0) is 4.74 Å². The van der Waals surface area contributed by atoms with Crippen molar-refractivity contribution in [1.29, 1.82) is 0 Å². The number of nitrogens with one attached hydrogen (secondary N) is 1. The summed E-state index contributed by atoms with van der Waals surface area (Å²) in [4.78, 5) is 0. The molecule has 2 aliphatic heterocycles. The van der Waals surface area contributed by atoms with E-state index in [1.807, 2.05) is 12.1 Å². The number of ether oxygens (including phenoxy) is 1. The second-order valence-corrected chi connectivity index (χ2v) is 6.41. The molecule has 0 radical (unpaired) electrons. The largest absolute Gasteiger partial charge is 0.508 e. The molecule has 2 heterocycles. The lowest BCUT2D eigenvalue weighted by atomic mass is 9.77. The van der Waals surface area contributed by atoms with Gasteiger partial charge in [-0.25, -0.2) is 0 Å². The Hall–Kier alpha value is -2.00. The zero-order chi connectivity index (χ0) is 15.1. The van der Waals surface area contributed by atoms with Crippen LogP contribution in [0, 0.1) is 12.8 Å². The Kier molecular flexibility index (Phi) is 3.30. The molecule has 0 saturated carbocycles. The molecule has 0 unspecified atom stereocenters. The van der Waals surface area contributed by atoms with Crippen LogP contribution in [-0.4, -0.2) is 11.7 Å². The molecule has 1 fully saturated rings. The molecule has 0 aromatic heterocycles. The van der Waals surface area contributed by atoms with E-state index in [0.717, 1.165) is 30.7 Å². The van der Waals surface area contributed by atoms with E-state index < -0.39 is 0 Å². The molecule has 2 aromatic carbocycles. The molecule has 0 aliphatic carbocycles. The van der Waals surface area contributed by atoms with Gasteiger partial charge in [0.15, 0.2) is 0 Å². The van der Waals surface area contributed by atoms with Gasteiger partial charge in [-0.2, -0.15) is 0 Å². The number of aryl methyl sites for hydroxylation is 1. The van der Waals surface area contributed by atoms with Gasteiger partial charge in [0.2, 0.25) is 0 Å². The minimum absolute atomic E-state index is 0.150. The van der Waals surface area contributed by atoms with Gasteiger partial charge in [-0.1, -0.05) is 29.8 Å². The second-order valence-electron chi connectivity index (χ2n) is 6.41. The Morgan fingerprint density at radius 3 is 2.95 bits per heavy atom. The number of fused-ring (bicyclic) bond motifs is 3. The molecule has 1 saturated heterocycles. The van der Waals surface area contributed by atoms with Crippen molar-refractivity contribution in [2.24, 2.45) is 5.92 Å². The highest BCUT2D eigenvalue weighted by molar-refractivity contribution is 5.58. The van der Waals surface area contributed by atoms with E-state index in [4.69, 9.17) is 4.74 Å². The van der Waals surface area contributed by atoms with Crippen LogP contribution in [0.1, 0.15) is 41.7 Å². The van der Waals surface area contributed by atoms with Gasteiger partial charge in [0.25, 0.3) is 0 Å². The monoisotopic (exact) mass is 295 g/mol.